The molecule has 0 bridgehead atoms. The summed E-state index contributed by atoms with van der Waals surface area (Å²) in [7, 11) is 0. The highest BCUT2D eigenvalue weighted by atomic mass is 16.1. The van der Waals surface area contributed by atoms with Crippen molar-refractivity contribution in [3.05, 3.63) is 60.2 Å². The maximum absolute atomic E-state index is 10.7. The van der Waals surface area contributed by atoms with Crippen molar-refractivity contribution in [2.75, 3.05) is 0 Å². The van der Waals surface area contributed by atoms with Gasteiger partial charge in [0.2, 0.25) is 5.91 Å². The second kappa shape index (κ2) is 4.62. The summed E-state index contributed by atoms with van der Waals surface area (Å²) in [5, 5.41) is 0. The van der Waals surface area contributed by atoms with Gasteiger partial charge in [-0.2, -0.15) is 0 Å². The van der Waals surface area contributed by atoms with Crippen LogP contribution in [-0.4, -0.2) is 5.91 Å². The Morgan fingerprint density at radius 1 is 0.875 bits per heavy atom. The standard InChI is InChI=1S/C14H13NO/c15-14(16)10-11-6-8-13(9-7-11)12-4-2-1-3-5-12/h1-9H,10H2,(H2,15,16). The molecule has 2 nitrogen and oxygen atoms in total. The van der Waals surface area contributed by atoms with E-state index in [0.717, 1.165) is 11.1 Å². The molecule has 0 spiro atoms. The molecule has 2 aromatic carbocycles. The molecule has 0 radical (unpaired) electrons. The van der Waals surface area contributed by atoms with E-state index < -0.39 is 0 Å². The van der Waals surface area contributed by atoms with Crippen LogP contribution < -0.4 is 5.73 Å². The number of rotatable bonds is 3. The molecule has 0 saturated heterocycles. The molecule has 2 heteroatoms. The van der Waals surface area contributed by atoms with Crippen LogP contribution in [0.5, 0.6) is 0 Å². The first-order chi connectivity index (χ1) is 7.75. The molecule has 16 heavy (non-hydrogen) atoms. The maximum atomic E-state index is 10.7. The van der Waals surface area contributed by atoms with Gasteiger partial charge in [0.1, 0.15) is 0 Å². The molecule has 0 aliphatic heterocycles. The predicted octanol–water partition coefficient (Wildman–Crippen LogP) is 2.38. The van der Waals surface area contributed by atoms with Crippen molar-refractivity contribution < 1.29 is 4.79 Å². The van der Waals surface area contributed by atoms with Crippen LogP contribution in [0.1, 0.15) is 5.56 Å². The molecule has 2 aromatic rings. The Balaban J connectivity index is 2.23. The van der Waals surface area contributed by atoms with Gasteiger partial charge < -0.3 is 5.73 Å². The lowest BCUT2D eigenvalue weighted by molar-refractivity contribution is -0.117. The average Bonchev–Trinajstić information content (AvgIpc) is 2.30. The van der Waals surface area contributed by atoms with Gasteiger partial charge in [0, 0.05) is 0 Å². The topological polar surface area (TPSA) is 43.1 Å². The summed E-state index contributed by atoms with van der Waals surface area (Å²) in [5.74, 6) is -0.299. The zero-order valence-corrected chi connectivity index (χ0v) is 8.89. The fraction of sp³-hybridized carbons (Fsp3) is 0.0714. The van der Waals surface area contributed by atoms with Crippen molar-refractivity contribution in [3.63, 3.8) is 0 Å². The molecular weight excluding hydrogens is 198 g/mol. The summed E-state index contributed by atoms with van der Waals surface area (Å²) in [5.41, 5.74) is 8.41. The molecular formula is C14H13NO. The molecule has 0 saturated carbocycles. The zero-order valence-electron chi connectivity index (χ0n) is 8.89. The van der Waals surface area contributed by atoms with Gasteiger partial charge in [-0.3, -0.25) is 4.79 Å². The largest absolute Gasteiger partial charge is 0.369 e. The molecule has 2 rings (SSSR count). The van der Waals surface area contributed by atoms with Crippen molar-refractivity contribution in [3.8, 4) is 11.1 Å². The normalized spacial score (nSPS) is 10.0. The van der Waals surface area contributed by atoms with Crippen LogP contribution in [-0.2, 0) is 11.2 Å². The second-order valence-electron chi connectivity index (χ2n) is 3.71. The van der Waals surface area contributed by atoms with E-state index in [1.165, 1.54) is 5.56 Å². The third kappa shape index (κ3) is 2.48. The lowest BCUT2D eigenvalue weighted by atomic mass is 10.0. The summed E-state index contributed by atoms with van der Waals surface area (Å²) in [6.45, 7) is 0. The van der Waals surface area contributed by atoms with Crippen LogP contribution in [0, 0.1) is 0 Å². The highest BCUT2D eigenvalue weighted by Crippen LogP contribution is 2.19. The summed E-state index contributed by atoms with van der Waals surface area (Å²) in [6.07, 6.45) is 0.301. The average molecular weight is 211 g/mol. The van der Waals surface area contributed by atoms with E-state index >= 15 is 0 Å². The summed E-state index contributed by atoms with van der Waals surface area (Å²) < 4.78 is 0. The Morgan fingerprint density at radius 2 is 1.44 bits per heavy atom. The molecule has 2 N–H and O–H groups in total. The molecule has 0 heterocycles. The van der Waals surface area contributed by atoms with E-state index in [9.17, 15) is 4.79 Å². The molecule has 0 aromatic heterocycles. The van der Waals surface area contributed by atoms with E-state index in [4.69, 9.17) is 5.73 Å². The number of hydrogen-bond acceptors (Lipinski definition) is 1. The van der Waals surface area contributed by atoms with Gasteiger partial charge in [-0.25, -0.2) is 0 Å². The fourth-order valence-corrected chi connectivity index (χ4v) is 1.65. The quantitative estimate of drug-likeness (QED) is 0.832. The number of carbonyl (C=O) groups excluding carboxylic acids is 1. The molecule has 0 unspecified atom stereocenters. The van der Waals surface area contributed by atoms with Crippen LogP contribution in [0.2, 0.25) is 0 Å². The molecule has 1 amide bonds. The maximum Gasteiger partial charge on any atom is 0.221 e. The minimum absolute atomic E-state index is 0.299. The van der Waals surface area contributed by atoms with E-state index in [-0.39, 0.29) is 5.91 Å². The van der Waals surface area contributed by atoms with Gasteiger partial charge >= 0.3 is 0 Å². The zero-order chi connectivity index (χ0) is 11.4. The third-order valence-corrected chi connectivity index (χ3v) is 2.44. The number of amides is 1. The van der Waals surface area contributed by atoms with Gasteiger partial charge in [0.25, 0.3) is 0 Å². The van der Waals surface area contributed by atoms with Crippen LogP contribution in [0.25, 0.3) is 11.1 Å². The van der Waals surface area contributed by atoms with Crippen LogP contribution in [0.4, 0.5) is 0 Å². The van der Waals surface area contributed by atoms with Gasteiger partial charge in [0.05, 0.1) is 6.42 Å². The van der Waals surface area contributed by atoms with E-state index in [0.29, 0.717) is 6.42 Å². The Kier molecular flexibility index (Phi) is 3.01. The first-order valence-electron chi connectivity index (χ1n) is 5.18. The monoisotopic (exact) mass is 211 g/mol. The SMILES string of the molecule is NC(=O)Cc1ccc(-c2ccccc2)cc1. The molecule has 80 valence electrons. The highest BCUT2D eigenvalue weighted by molar-refractivity contribution is 5.77. The predicted molar refractivity (Wildman–Crippen MR) is 64.8 cm³/mol. The molecule has 0 aliphatic rings. The molecule has 0 fully saturated rings. The second-order valence-corrected chi connectivity index (χ2v) is 3.71. The minimum atomic E-state index is -0.299. The fourth-order valence-electron chi connectivity index (χ4n) is 1.65. The van der Waals surface area contributed by atoms with E-state index in [2.05, 4.69) is 12.1 Å². The Morgan fingerprint density at radius 3 is 2.00 bits per heavy atom. The number of primary amides is 1. The van der Waals surface area contributed by atoms with Crippen molar-refractivity contribution >= 4 is 5.91 Å². The Hall–Kier alpha value is -2.09. The smallest absolute Gasteiger partial charge is 0.221 e. The molecule has 0 aliphatic carbocycles. The number of benzene rings is 2. The van der Waals surface area contributed by atoms with Crippen molar-refractivity contribution in [1.29, 1.82) is 0 Å². The van der Waals surface area contributed by atoms with Crippen LogP contribution in [0.3, 0.4) is 0 Å². The number of carbonyl (C=O) groups is 1. The van der Waals surface area contributed by atoms with Gasteiger partial charge in [-0.1, -0.05) is 54.6 Å². The lowest BCUT2D eigenvalue weighted by Crippen LogP contribution is -2.13. The lowest BCUT2D eigenvalue weighted by Gasteiger charge is -2.02. The van der Waals surface area contributed by atoms with E-state index in [1.807, 2.05) is 42.5 Å². The van der Waals surface area contributed by atoms with Crippen LogP contribution in [0.15, 0.2) is 54.6 Å². The summed E-state index contributed by atoms with van der Waals surface area (Å²) >= 11 is 0. The van der Waals surface area contributed by atoms with Crippen molar-refractivity contribution in [1.82, 2.24) is 0 Å². The summed E-state index contributed by atoms with van der Waals surface area (Å²) in [6, 6.07) is 18.0. The first kappa shape index (κ1) is 10.4. The van der Waals surface area contributed by atoms with Gasteiger partial charge in [-0.15, -0.1) is 0 Å². The van der Waals surface area contributed by atoms with Crippen molar-refractivity contribution in [2.45, 2.75) is 6.42 Å². The number of hydrogen-bond donors (Lipinski definition) is 1. The first-order valence-corrected chi connectivity index (χ1v) is 5.18. The minimum Gasteiger partial charge on any atom is -0.369 e. The van der Waals surface area contributed by atoms with Gasteiger partial charge in [0.15, 0.2) is 0 Å². The Labute approximate surface area is 94.7 Å². The highest BCUT2D eigenvalue weighted by Gasteiger charge is 1.99. The third-order valence-electron chi connectivity index (χ3n) is 2.44. The Bertz CT molecular complexity index is 474. The van der Waals surface area contributed by atoms with Crippen LogP contribution >= 0.6 is 0 Å². The van der Waals surface area contributed by atoms with Crippen molar-refractivity contribution in [2.24, 2.45) is 5.73 Å². The van der Waals surface area contributed by atoms with Gasteiger partial charge in [-0.05, 0) is 16.7 Å². The number of nitrogens with two attached hydrogens (primary N) is 1. The van der Waals surface area contributed by atoms with E-state index in [1.54, 1.807) is 0 Å². The molecule has 0 atom stereocenters. The summed E-state index contributed by atoms with van der Waals surface area (Å²) in [4.78, 5) is 10.7.